The Bertz CT molecular complexity index is 1040. The smallest absolute Gasteiger partial charge is 0.130 e. The highest BCUT2D eigenvalue weighted by atomic mass is 16.5. The fourth-order valence-corrected chi connectivity index (χ4v) is 4.54. The molecule has 0 spiro atoms. The van der Waals surface area contributed by atoms with Crippen LogP contribution in [0.1, 0.15) is 36.6 Å². The van der Waals surface area contributed by atoms with Gasteiger partial charge in [0.05, 0.1) is 12.5 Å². The molecular weight excluding hydrogens is 338 g/mol. The van der Waals surface area contributed by atoms with Gasteiger partial charge in [-0.3, -0.25) is 0 Å². The molecule has 0 saturated carbocycles. The number of aromatic hydroxyl groups is 2. The van der Waals surface area contributed by atoms with Gasteiger partial charge in [-0.2, -0.15) is 0 Å². The molecule has 0 saturated heterocycles. The van der Waals surface area contributed by atoms with E-state index in [1.165, 1.54) is 5.56 Å². The second-order valence-corrected chi connectivity index (χ2v) is 7.49. The summed E-state index contributed by atoms with van der Waals surface area (Å²) in [7, 11) is 1.62. The highest BCUT2D eigenvalue weighted by Crippen LogP contribution is 2.45. The van der Waals surface area contributed by atoms with Gasteiger partial charge in [0.2, 0.25) is 0 Å². The Hall–Kier alpha value is -2.72. The minimum atomic E-state index is 0.0851. The second-order valence-electron chi connectivity index (χ2n) is 7.49. The lowest BCUT2D eigenvalue weighted by Crippen LogP contribution is -2.36. The van der Waals surface area contributed by atoms with Crippen LogP contribution in [0, 0.1) is 6.92 Å². The Kier molecular flexibility index (Phi) is 4.23. The lowest BCUT2D eigenvalue weighted by atomic mass is 9.82. The lowest BCUT2D eigenvalue weighted by Gasteiger charge is -2.32. The van der Waals surface area contributed by atoms with Crippen LogP contribution in [0.15, 0.2) is 36.4 Å². The van der Waals surface area contributed by atoms with Crippen LogP contribution in [0.5, 0.6) is 17.2 Å². The third-order valence-corrected chi connectivity index (χ3v) is 5.60. The van der Waals surface area contributed by atoms with Crippen molar-refractivity contribution in [3.63, 3.8) is 0 Å². The fraction of sp³-hybridized carbons (Fsp3) is 0.304. The van der Waals surface area contributed by atoms with E-state index in [1.807, 2.05) is 24.3 Å². The highest BCUT2D eigenvalue weighted by Gasteiger charge is 2.27. The van der Waals surface area contributed by atoms with Crippen molar-refractivity contribution in [2.24, 2.45) is 0 Å². The van der Waals surface area contributed by atoms with Crippen molar-refractivity contribution in [2.45, 2.75) is 39.3 Å². The van der Waals surface area contributed by atoms with E-state index in [0.717, 1.165) is 39.4 Å². The summed E-state index contributed by atoms with van der Waals surface area (Å²) in [6.45, 7) is 6.31. The van der Waals surface area contributed by atoms with Gasteiger partial charge in [0.15, 0.2) is 0 Å². The average Bonchev–Trinajstić information content (AvgIpc) is 2.61. The molecule has 4 heteroatoms. The molecular formula is C23H25NO3. The third-order valence-electron chi connectivity index (χ3n) is 5.60. The highest BCUT2D eigenvalue weighted by molar-refractivity contribution is 6.05. The van der Waals surface area contributed by atoms with Crippen molar-refractivity contribution in [1.82, 2.24) is 5.32 Å². The van der Waals surface area contributed by atoms with Gasteiger partial charge in [0.25, 0.3) is 0 Å². The van der Waals surface area contributed by atoms with E-state index in [4.69, 9.17) is 4.74 Å². The Balaban J connectivity index is 2.10. The number of phenols is 2. The van der Waals surface area contributed by atoms with Gasteiger partial charge in [-0.1, -0.05) is 18.2 Å². The van der Waals surface area contributed by atoms with Crippen LogP contribution in [-0.2, 0) is 6.42 Å². The number of hydrogen-bond acceptors (Lipinski definition) is 4. The van der Waals surface area contributed by atoms with Crippen molar-refractivity contribution < 1.29 is 14.9 Å². The summed E-state index contributed by atoms with van der Waals surface area (Å²) in [6.07, 6.45) is 0.842. The molecule has 0 radical (unpaired) electrons. The van der Waals surface area contributed by atoms with Crippen LogP contribution >= 0.6 is 0 Å². The first-order valence-electron chi connectivity index (χ1n) is 9.32. The molecule has 3 aromatic carbocycles. The predicted molar refractivity (Wildman–Crippen MR) is 109 cm³/mol. The quantitative estimate of drug-likeness (QED) is 0.610. The zero-order chi connectivity index (χ0) is 19.3. The number of phenolic OH excluding ortho intramolecular Hbond substituents is 2. The maximum atomic E-state index is 10.5. The SMILES string of the molecule is COc1cc(C)c(-c2ccc(O)c3c2C[C@@H](C)NC3C)c2cccc(O)c12. The van der Waals surface area contributed by atoms with Gasteiger partial charge in [-0.05, 0) is 73.0 Å². The van der Waals surface area contributed by atoms with E-state index in [9.17, 15) is 10.2 Å². The molecule has 27 heavy (non-hydrogen) atoms. The Morgan fingerprint density at radius 3 is 2.59 bits per heavy atom. The van der Waals surface area contributed by atoms with Crippen molar-refractivity contribution in [3.8, 4) is 28.4 Å². The largest absolute Gasteiger partial charge is 0.508 e. The molecule has 1 aliphatic heterocycles. The molecule has 4 nitrogen and oxygen atoms in total. The standard InChI is InChI=1S/C23H25NO3/c1-12-10-20(27-4)23-16(6-5-7-18(23)25)21(12)15-8-9-19(26)22-14(3)24-13(2)11-17(15)22/h5-10,13-14,24-26H,11H2,1-4H3/t13-,14?/m1/s1. The summed E-state index contributed by atoms with van der Waals surface area (Å²) in [5.74, 6) is 1.21. The normalized spacial score (nSPS) is 19.1. The van der Waals surface area contributed by atoms with Crippen LogP contribution in [0.3, 0.4) is 0 Å². The first kappa shape index (κ1) is 17.7. The summed E-state index contributed by atoms with van der Waals surface area (Å²) in [5.41, 5.74) is 5.41. The molecule has 1 unspecified atom stereocenters. The van der Waals surface area contributed by atoms with Gasteiger partial charge >= 0.3 is 0 Å². The maximum Gasteiger partial charge on any atom is 0.130 e. The molecule has 3 N–H and O–H groups in total. The van der Waals surface area contributed by atoms with Gasteiger partial charge in [0, 0.05) is 17.6 Å². The molecule has 0 amide bonds. The van der Waals surface area contributed by atoms with E-state index in [-0.39, 0.29) is 11.8 Å². The molecule has 1 aliphatic rings. The fourth-order valence-electron chi connectivity index (χ4n) is 4.54. The number of benzene rings is 3. The van der Waals surface area contributed by atoms with E-state index < -0.39 is 0 Å². The van der Waals surface area contributed by atoms with Gasteiger partial charge in [-0.15, -0.1) is 0 Å². The van der Waals surface area contributed by atoms with E-state index in [2.05, 4.69) is 26.1 Å². The lowest BCUT2D eigenvalue weighted by molar-refractivity contribution is 0.410. The van der Waals surface area contributed by atoms with Crippen LogP contribution < -0.4 is 10.1 Å². The number of methoxy groups -OCH3 is 1. The number of aryl methyl sites for hydroxylation is 1. The molecule has 140 valence electrons. The first-order chi connectivity index (χ1) is 12.9. The topological polar surface area (TPSA) is 61.7 Å². The summed E-state index contributed by atoms with van der Waals surface area (Å²) in [4.78, 5) is 0. The average molecular weight is 363 g/mol. The molecule has 4 rings (SSSR count). The zero-order valence-electron chi connectivity index (χ0n) is 16.1. The van der Waals surface area contributed by atoms with E-state index in [1.54, 1.807) is 19.2 Å². The molecule has 1 heterocycles. The second kappa shape index (κ2) is 6.46. The summed E-state index contributed by atoms with van der Waals surface area (Å²) < 4.78 is 5.54. The molecule has 0 fully saturated rings. The predicted octanol–water partition coefficient (Wildman–Crippen LogP) is 4.83. The van der Waals surface area contributed by atoms with E-state index >= 15 is 0 Å². The minimum Gasteiger partial charge on any atom is -0.508 e. The van der Waals surface area contributed by atoms with Gasteiger partial charge < -0.3 is 20.3 Å². The van der Waals surface area contributed by atoms with E-state index in [0.29, 0.717) is 17.5 Å². The minimum absolute atomic E-state index is 0.0851. The number of rotatable bonds is 2. The number of fused-ring (bicyclic) bond motifs is 2. The first-order valence-corrected chi connectivity index (χ1v) is 9.32. The monoisotopic (exact) mass is 363 g/mol. The van der Waals surface area contributed by atoms with Crippen molar-refractivity contribution in [3.05, 3.63) is 53.1 Å². The molecule has 0 aliphatic carbocycles. The van der Waals surface area contributed by atoms with Crippen molar-refractivity contribution >= 4 is 10.8 Å². The Morgan fingerprint density at radius 1 is 1.07 bits per heavy atom. The van der Waals surface area contributed by atoms with Crippen molar-refractivity contribution in [1.29, 1.82) is 0 Å². The Morgan fingerprint density at radius 2 is 1.85 bits per heavy atom. The Labute approximate surface area is 159 Å². The summed E-state index contributed by atoms with van der Waals surface area (Å²) in [6, 6.07) is 11.7. The molecule has 0 bridgehead atoms. The number of hydrogen-bond donors (Lipinski definition) is 3. The van der Waals surface area contributed by atoms with Crippen LogP contribution in [0.2, 0.25) is 0 Å². The summed E-state index contributed by atoms with van der Waals surface area (Å²) in [5, 5.41) is 26.2. The number of ether oxygens (including phenoxy) is 1. The molecule has 0 aromatic heterocycles. The zero-order valence-corrected chi connectivity index (χ0v) is 16.1. The summed E-state index contributed by atoms with van der Waals surface area (Å²) >= 11 is 0. The van der Waals surface area contributed by atoms with Crippen LogP contribution in [0.4, 0.5) is 0 Å². The van der Waals surface area contributed by atoms with Crippen LogP contribution in [0.25, 0.3) is 21.9 Å². The molecule has 2 atom stereocenters. The van der Waals surface area contributed by atoms with Crippen LogP contribution in [-0.4, -0.2) is 23.4 Å². The number of nitrogens with one attached hydrogen (secondary N) is 1. The van der Waals surface area contributed by atoms with Gasteiger partial charge in [0.1, 0.15) is 17.2 Å². The third kappa shape index (κ3) is 2.72. The molecule has 3 aromatic rings. The van der Waals surface area contributed by atoms with Crippen molar-refractivity contribution in [2.75, 3.05) is 7.11 Å². The van der Waals surface area contributed by atoms with Gasteiger partial charge in [-0.25, -0.2) is 0 Å². The maximum absolute atomic E-state index is 10.5.